The monoisotopic (exact) mass is 264 g/mol. The molecule has 0 aliphatic carbocycles. The Balaban J connectivity index is 3.64. The fraction of sp³-hybridized carbons (Fsp3) is 1.00. The van der Waals surface area contributed by atoms with Gasteiger partial charge in [-0.25, -0.2) is 0 Å². The van der Waals surface area contributed by atoms with Gasteiger partial charge >= 0.3 is 0 Å². The molecule has 0 saturated carbocycles. The van der Waals surface area contributed by atoms with Crippen molar-refractivity contribution in [1.82, 2.24) is 0 Å². The van der Waals surface area contributed by atoms with Crippen LogP contribution in [0.2, 0.25) is 0 Å². The van der Waals surface area contributed by atoms with Crippen molar-refractivity contribution >= 4 is 39.1 Å². The van der Waals surface area contributed by atoms with E-state index in [0.717, 1.165) is 0 Å². The number of aliphatic hydroxyl groups is 2. The molecule has 11 heavy (non-hydrogen) atoms. The summed E-state index contributed by atoms with van der Waals surface area (Å²) in [4.78, 5) is 0. The zero-order valence-electron chi connectivity index (χ0n) is 5.93. The Morgan fingerprint density at radius 3 is 2.36 bits per heavy atom. The minimum Gasteiger partial charge on any atom is -0.393 e. The lowest BCUT2D eigenvalue weighted by Crippen LogP contribution is -2.25. The van der Waals surface area contributed by atoms with Gasteiger partial charge in [0.25, 0.3) is 0 Å². The van der Waals surface area contributed by atoms with E-state index < -0.39 is 10.4 Å². The number of aliphatic hydroxyl groups excluding tert-OH is 2. The molecule has 0 bridgehead atoms. The molecule has 0 amide bonds. The van der Waals surface area contributed by atoms with Gasteiger partial charge in [0, 0.05) is 11.8 Å². The number of halogens is 3. The number of alkyl halides is 3. The molecule has 0 fully saturated rings. The van der Waals surface area contributed by atoms with Gasteiger partial charge in [0.05, 0.1) is 12.7 Å². The van der Waals surface area contributed by atoms with Crippen LogP contribution < -0.4 is 0 Å². The highest BCUT2D eigenvalue weighted by atomic mass is 79.9. The summed E-state index contributed by atoms with van der Waals surface area (Å²) >= 11 is 14.4. The summed E-state index contributed by atoms with van der Waals surface area (Å²) in [7, 11) is 0. The van der Waals surface area contributed by atoms with Crippen LogP contribution in [0.1, 0.15) is 12.8 Å². The second kappa shape index (κ2) is 5.60. The Hall–Kier alpha value is 0.980. The zero-order valence-corrected chi connectivity index (χ0v) is 9.03. The highest BCUT2D eigenvalue weighted by Gasteiger charge is 2.26. The van der Waals surface area contributed by atoms with Crippen molar-refractivity contribution in [2.24, 2.45) is 0 Å². The van der Waals surface area contributed by atoms with Crippen molar-refractivity contribution in [1.29, 1.82) is 0 Å². The van der Waals surface area contributed by atoms with Gasteiger partial charge in [-0.1, -0.05) is 39.1 Å². The molecule has 1 atom stereocenters. The highest BCUT2D eigenvalue weighted by Crippen LogP contribution is 2.26. The number of rotatable bonds is 5. The van der Waals surface area contributed by atoms with E-state index in [1.165, 1.54) is 0 Å². The topological polar surface area (TPSA) is 40.5 Å². The first-order chi connectivity index (χ1) is 5.02. The Morgan fingerprint density at radius 1 is 1.45 bits per heavy atom. The maximum Gasteiger partial charge on any atom is 0.143 e. The molecule has 1 unspecified atom stereocenters. The van der Waals surface area contributed by atoms with Crippen molar-refractivity contribution in [3.63, 3.8) is 0 Å². The molecule has 5 heteroatoms. The quantitative estimate of drug-likeness (QED) is 0.743. The Kier molecular flexibility index (Phi) is 6.09. The van der Waals surface area contributed by atoms with Gasteiger partial charge in [-0.2, -0.15) is 0 Å². The standard InChI is InChI=1S/C6H11BrCl2O2/c7-2-1-5(11)3-6(8,9)4-10/h5,10-11H,1-4H2. The Bertz CT molecular complexity index is 111. The van der Waals surface area contributed by atoms with Gasteiger partial charge < -0.3 is 10.2 Å². The summed E-state index contributed by atoms with van der Waals surface area (Å²) in [5.74, 6) is 0. The van der Waals surface area contributed by atoms with Crippen LogP contribution in [0.25, 0.3) is 0 Å². The summed E-state index contributed by atoms with van der Waals surface area (Å²) in [5.41, 5.74) is 0. The maximum atomic E-state index is 9.21. The summed E-state index contributed by atoms with van der Waals surface area (Å²) in [6.45, 7) is -0.338. The summed E-state index contributed by atoms with van der Waals surface area (Å²) in [6.07, 6.45) is 0.218. The van der Waals surface area contributed by atoms with Crippen LogP contribution in [0.4, 0.5) is 0 Å². The van der Waals surface area contributed by atoms with E-state index in [4.69, 9.17) is 28.3 Å². The molecule has 2 nitrogen and oxygen atoms in total. The Morgan fingerprint density at radius 2 is 2.00 bits per heavy atom. The molecule has 0 heterocycles. The average molecular weight is 266 g/mol. The second-order valence-corrected chi connectivity index (χ2v) is 4.78. The highest BCUT2D eigenvalue weighted by molar-refractivity contribution is 9.09. The van der Waals surface area contributed by atoms with Crippen molar-refractivity contribution in [3.05, 3.63) is 0 Å². The summed E-state index contributed by atoms with van der Waals surface area (Å²) < 4.78 is -1.21. The predicted octanol–water partition coefficient (Wildman–Crippen LogP) is 1.69. The molecule has 68 valence electrons. The van der Waals surface area contributed by atoms with Crippen LogP contribution in [0.15, 0.2) is 0 Å². The van der Waals surface area contributed by atoms with Crippen molar-refractivity contribution in [2.45, 2.75) is 23.3 Å². The first kappa shape index (κ1) is 12.0. The third kappa shape index (κ3) is 6.17. The van der Waals surface area contributed by atoms with Gasteiger partial charge in [-0.05, 0) is 6.42 Å². The van der Waals surface area contributed by atoms with Crippen LogP contribution in [-0.4, -0.2) is 32.6 Å². The van der Waals surface area contributed by atoms with Gasteiger partial charge in [0.1, 0.15) is 4.33 Å². The van der Waals surface area contributed by atoms with E-state index in [0.29, 0.717) is 11.8 Å². The van der Waals surface area contributed by atoms with Crippen molar-refractivity contribution < 1.29 is 10.2 Å². The zero-order chi connectivity index (χ0) is 8.91. The van der Waals surface area contributed by atoms with Crippen LogP contribution in [-0.2, 0) is 0 Å². The third-order valence-electron chi connectivity index (χ3n) is 1.21. The van der Waals surface area contributed by atoms with Gasteiger partial charge in [0.2, 0.25) is 0 Å². The van der Waals surface area contributed by atoms with Gasteiger partial charge in [-0.3, -0.25) is 0 Å². The summed E-state index contributed by atoms with van der Waals surface area (Å²) in [5, 5.41) is 18.5. The minimum absolute atomic E-state index is 0.193. The maximum absolute atomic E-state index is 9.21. The first-order valence-electron chi connectivity index (χ1n) is 3.24. The molecule has 0 radical (unpaired) electrons. The molecule has 0 saturated heterocycles. The van der Waals surface area contributed by atoms with E-state index in [-0.39, 0.29) is 13.0 Å². The van der Waals surface area contributed by atoms with Gasteiger partial charge in [0.15, 0.2) is 0 Å². The van der Waals surface area contributed by atoms with E-state index in [1.807, 2.05) is 0 Å². The molecule has 0 aliphatic heterocycles. The Labute approximate surface area is 84.6 Å². The van der Waals surface area contributed by atoms with Crippen LogP contribution >= 0.6 is 39.1 Å². The molecule has 2 N–H and O–H groups in total. The second-order valence-electron chi connectivity index (χ2n) is 2.35. The fourth-order valence-corrected chi connectivity index (χ4v) is 1.52. The van der Waals surface area contributed by atoms with Gasteiger partial charge in [-0.15, -0.1) is 0 Å². The van der Waals surface area contributed by atoms with Crippen molar-refractivity contribution in [3.8, 4) is 0 Å². The molecular weight excluding hydrogens is 255 g/mol. The normalized spacial score (nSPS) is 15.0. The van der Waals surface area contributed by atoms with E-state index in [9.17, 15) is 5.11 Å². The van der Waals surface area contributed by atoms with E-state index in [1.54, 1.807) is 0 Å². The summed E-state index contributed by atoms with van der Waals surface area (Å²) in [6, 6.07) is 0. The fourth-order valence-electron chi connectivity index (χ4n) is 0.637. The predicted molar refractivity (Wildman–Crippen MR) is 50.6 cm³/mol. The lowest BCUT2D eigenvalue weighted by atomic mass is 10.1. The van der Waals surface area contributed by atoms with E-state index >= 15 is 0 Å². The number of hydrogen-bond donors (Lipinski definition) is 2. The molecule has 0 aromatic rings. The first-order valence-corrected chi connectivity index (χ1v) is 5.12. The largest absolute Gasteiger partial charge is 0.393 e. The number of hydrogen-bond acceptors (Lipinski definition) is 2. The lowest BCUT2D eigenvalue weighted by molar-refractivity contribution is 0.142. The average Bonchev–Trinajstić information content (AvgIpc) is 1.87. The molecular formula is C6H11BrCl2O2. The lowest BCUT2D eigenvalue weighted by Gasteiger charge is -2.19. The molecule has 0 aromatic heterocycles. The third-order valence-corrected chi connectivity index (χ3v) is 2.21. The SMILES string of the molecule is OCC(Cl)(Cl)CC(O)CCBr. The molecule has 0 aliphatic rings. The smallest absolute Gasteiger partial charge is 0.143 e. The van der Waals surface area contributed by atoms with Crippen LogP contribution in [0.5, 0.6) is 0 Å². The molecule has 0 rings (SSSR count). The van der Waals surface area contributed by atoms with E-state index in [2.05, 4.69) is 15.9 Å². The molecule has 0 aromatic carbocycles. The van der Waals surface area contributed by atoms with Crippen molar-refractivity contribution in [2.75, 3.05) is 11.9 Å². The molecule has 0 spiro atoms. The minimum atomic E-state index is -1.21. The van der Waals surface area contributed by atoms with Crippen LogP contribution in [0.3, 0.4) is 0 Å². The van der Waals surface area contributed by atoms with Crippen LogP contribution in [0, 0.1) is 0 Å².